The third kappa shape index (κ3) is 5.53. The normalized spacial score (nSPS) is 11.9. The number of ether oxygens (including phenoxy) is 1. The molecule has 2 rings (SSSR count). The number of urea groups is 1. The molecule has 0 radical (unpaired) electrons. The topological polar surface area (TPSA) is 76.1 Å². The molecular weight excluding hydrogens is 304 g/mol. The first-order valence-corrected chi connectivity index (χ1v) is 8.03. The van der Waals surface area contributed by atoms with Gasteiger partial charge in [0.05, 0.1) is 24.4 Å². The van der Waals surface area contributed by atoms with Crippen molar-refractivity contribution in [2.24, 2.45) is 0 Å². The van der Waals surface area contributed by atoms with Crippen LogP contribution >= 0.6 is 0 Å². The van der Waals surface area contributed by atoms with Crippen LogP contribution in [0.15, 0.2) is 36.5 Å². The largest absolute Gasteiger partial charge is 0.491 e. The third-order valence-electron chi connectivity index (χ3n) is 3.34. The predicted molar refractivity (Wildman–Crippen MR) is 92.8 cm³/mol. The quantitative estimate of drug-likeness (QED) is 0.854. The maximum atomic E-state index is 12.1. The van der Waals surface area contributed by atoms with Crippen molar-refractivity contribution >= 4 is 6.03 Å². The summed E-state index contributed by atoms with van der Waals surface area (Å²) in [5, 5.41) is 5.71. The van der Waals surface area contributed by atoms with Crippen LogP contribution in [-0.2, 0) is 6.54 Å². The van der Waals surface area contributed by atoms with E-state index in [1.54, 1.807) is 12.3 Å². The fourth-order valence-electron chi connectivity index (χ4n) is 2.23. The van der Waals surface area contributed by atoms with Gasteiger partial charge in [0.15, 0.2) is 0 Å². The first-order chi connectivity index (χ1) is 11.4. The molecule has 0 aliphatic rings. The Labute approximate surface area is 142 Å². The van der Waals surface area contributed by atoms with Gasteiger partial charge in [-0.2, -0.15) is 0 Å². The first kappa shape index (κ1) is 17.7. The molecule has 2 N–H and O–H groups in total. The lowest BCUT2D eigenvalue weighted by Gasteiger charge is -2.17. The molecule has 0 aliphatic heterocycles. The zero-order chi connectivity index (χ0) is 17.5. The molecule has 6 nitrogen and oxygen atoms in total. The highest BCUT2D eigenvalue weighted by Crippen LogP contribution is 2.20. The summed E-state index contributed by atoms with van der Waals surface area (Å²) in [6.07, 6.45) is 1.79. The molecular formula is C18H24N4O2. The van der Waals surface area contributed by atoms with Crippen LogP contribution in [0.1, 0.15) is 43.9 Å². The van der Waals surface area contributed by atoms with Crippen molar-refractivity contribution in [3.63, 3.8) is 0 Å². The van der Waals surface area contributed by atoms with E-state index in [0.29, 0.717) is 12.4 Å². The minimum absolute atomic E-state index is 0.114. The molecule has 128 valence electrons. The molecule has 1 atom stereocenters. The van der Waals surface area contributed by atoms with Gasteiger partial charge >= 0.3 is 6.03 Å². The Kier molecular flexibility index (Phi) is 6.12. The van der Waals surface area contributed by atoms with E-state index >= 15 is 0 Å². The average Bonchev–Trinajstić information content (AvgIpc) is 2.52. The number of nitrogens with zero attached hydrogens (tertiary/aromatic N) is 2. The summed E-state index contributed by atoms with van der Waals surface area (Å²) < 4.78 is 5.68. The zero-order valence-electron chi connectivity index (χ0n) is 14.5. The smallest absolute Gasteiger partial charge is 0.315 e. The zero-order valence-corrected chi connectivity index (χ0v) is 14.5. The highest BCUT2D eigenvalue weighted by Gasteiger charge is 2.10. The Bertz CT molecular complexity index is 688. The molecule has 24 heavy (non-hydrogen) atoms. The fourth-order valence-corrected chi connectivity index (χ4v) is 2.23. The lowest BCUT2D eigenvalue weighted by molar-refractivity contribution is 0.236. The van der Waals surface area contributed by atoms with E-state index in [9.17, 15) is 4.79 Å². The molecule has 2 aromatic rings. The van der Waals surface area contributed by atoms with Crippen LogP contribution in [0.3, 0.4) is 0 Å². The monoisotopic (exact) mass is 328 g/mol. The Morgan fingerprint density at radius 2 is 2.04 bits per heavy atom. The number of aryl methyl sites for hydroxylation is 1. The minimum atomic E-state index is -0.242. The standard InChI is InChI=1S/C18H24N4O2/c1-12(2)24-17-7-5-6-15(10-17)13(3)21-18(23)20-11-16-8-9-19-14(4)22-16/h5-10,12-13H,11H2,1-4H3,(H2,20,21,23). The molecule has 0 spiro atoms. The molecule has 1 aromatic heterocycles. The van der Waals surface area contributed by atoms with Gasteiger partial charge in [0.2, 0.25) is 0 Å². The number of hydrogen-bond donors (Lipinski definition) is 2. The molecule has 0 bridgehead atoms. The third-order valence-corrected chi connectivity index (χ3v) is 3.34. The fraction of sp³-hybridized carbons (Fsp3) is 0.389. The van der Waals surface area contributed by atoms with Crippen LogP contribution in [0.5, 0.6) is 5.75 Å². The molecule has 0 fully saturated rings. The van der Waals surface area contributed by atoms with Gasteiger partial charge < -0.3 is 15.4 Å². The van der Waals surface area contributed by atoms with E-state index in [4.69, 9.17) is 4.74 Å². The Morgan fingerprint density at radius 1 is 1.25 bits per heavy atom. The van der Waals surface area contributed by atoms with E-state index < -0.39 is 0 Å². The van der Waals surface area contributed by atoms with Gasteiger partial charge in [-0.1, -0.05) is 12.1 Å². The summed E-state index contributed by atoms with van der Waals surface area (Å²) in [5.74, 6) is 1.48. The van der Waals surface area contributed by atoms with E-state index in [2.05, 4.69) is 20.6 Å². The number of amides is 2. The molecule has 0 saturated carbocycles. The highest BCUT2D eigenvalue weighted by molar-refractivity contribution is 5.74. The number of aromatic nitrogens is 2. The van der Waals surface area contributed by atoms with Gasteiger partial charge in [-0.05, 0) is 51.5 Å². The second-order valence-electron chi connectivity index (χ2n) is 5.88. The molecule has 6 heteroatoms. The molecule has 1 unspecified atom stereocenters. The van der Waals surface area contributed by atoms with Crippen LogP contribution in [0.4, 0.5) is 4.79 Å². The van der Waals surface area contributed by atoms with Gasteiger partial charge in [0.25, 0.3) is 0 Å². The van der Waals surface area contributed by atoms with Crippen LogP contribution < -0.4 is 15.4 Å². The summed E-state index contributed by atoms with van der Waals surface area (Å²) in [6, 6.07) is 9.15. The summed E-state index contributed by atoms with van der Waals surface area (Å²) in [6.45, 7) is 8.08. The lowest BCUT2D eigenvalue weighted by atomic mass is 10.1. The number of benzene rings is 1. The van der Waals surface area contributed by atoms with Crippen molar-refractivity contribution in [1.29, 1.82) is 0 Å². The molecule has 2 amide bonds. The van der Waals surface area contributed by atoms with Crippen molar-refractivity contribution in [1.82, 2.24) is 20.6 Å². The highest BCUT2D eigenvalue weighted by atomic mass is 16.5. The number of carbonyl (C=O) groups is 1. The molecule has 0 aliphatic carbocycles. The summed E-state index contributed by atoms with van der Waals surface area (Å²) in [7, 11) is 0. The van der Waals surface area contributed by atoms with Gasteiger partial charge in [-0.3, -0.25) is 0 Å². The molecule has 1 aromatic carbocycles. The maximum absolute atomic E-state index is 12.1. The Balaban J connectivity index is 1.89. The van der Waals surface area contributed by atoms with Gasteiger partial charge in [0.1, 0.15) is 11.6 Å². The SMILES string of the molecule is Cc1nccc(CNC(=O)NC(C)c2cccc(OC(C)C)c2)n1. The van der Waals surface area contributed by atoms with Crippen molar-refractivity contribution in [2.75, 3.05) is 0 Å². The molecule has 0 saturated heterocycles. The number of rotatable bonds is 6. The van der Waals surface area contributed by atoms with E-state index in [1.165, 1.54) is 0 Å². The molecule has 1 heterocycles. The second kappa shape index (κ2) is 8.29. The maximum Gasteiger partial charge on any atom is 0.315 e. The van der Waals surface area contributed by atoms with Crippen LogP contribution in [-0.4, -0.2) is 22.1 Å². The van der Waals surface area contributed by atoms with Gasteiger partial charge in [-0.25, -0.2) is 14.8 Å². The van der Waals surface area contributed by atoms with E-state index in [1.807, 2.05) is 52.0 Å². The Morgan fingerprint density at radius 3 is 2.75 bits per heavy atom. The summed E-state index contributed by atoms with van der Waals surface area (Å²) in [5.41, 5.74) is 1.76. The lowest BCUT2D eigenvalue weighted by Crippen LogP contribution is -2.36. The van der Waals surface area contributed by atoms with Crippen molar-refractivity contribution in [3.05, 3.63) is 53.6 Å². The average molecular weight is 328 g/mol. The first-order valence-electron chi connectivity index (χ1n) is 8.03. The van der Waals surface area contributed by atoms with Crippen molar-refractivity contribution in [2.45, 2.75) is 46.4 Å². The summed E-state index contributed by atoms with van der Waals surface area (Å²) >= 11 is 0. The van der Waals surface area contributed by atoms with E-state index in [-0.39, 0.29) is 18.2 Å². The summed E-state index contributed by atoms with van der Waals surface area (Å²) in [4.78, 5) is 20.3. The second-order valence-corrected chi connectivity index (χ2v) is 5.88. The number of carbonyl (C=O) groups excluding carboxylic acids is 1. The predicted octanol–water partition coefficient (Wildman–Crippen LogP) is 3.13. The van der Waals surface area contributed by atoms with Crippen LogP contribution in [0.2, 0.25) is 0 Å². The van der Waals surface area contributed by atoms with Gasteiger partial charge in [0, 0.05) is 6.20 Å². The Hall–Kier alpha value is -2.63. The van der Waals surface area contributed by atoms with Crippen molar-refractivity contribution < 1.29 is 9.53 Å². The number of nitrogens with one attached hydrogen (secondary N) is 2. The minimum Gasteiger partial charge on any atom is -0.491 e. The van der Waals surface area contributed by atoms with Gasteiger partial charge in [-0.15, -0.1) is 0 Å². The van der Waals surface area contributed by atoms with Crippen LogP contribution in [0.25, 0.3) is 0 Å². The van der Waals surface area contributed by atoms with E-state index in [0.717, 1.165) is 17.0 Å². The van der Waals surface area contributed by atoms with Crippen molar-refractivity contribution in [3.8, 4) is 5.75 Å². The van der Waals surface area contributed by atoms with Crippen LogP contribution in [0, 0.1) is 6.92 Å². The number of hydrogen-bond acceptors (Lipinski definition) is 4.